The van der Waals surface area contributed by atoms with Crippen molar-refractivity contribution in [3.63, 3.8) is 0 Å². The third kappa shape index (κ3) is 52.6. The summed E-state index contributed by atoms with van der Waals surface area (Å²) in [5, 5.41) is 0. The third-order valence-corrected chi connectivity index (χ3v) is 12.9. The second-order valence-electron chi connectivity index (χ2n) is 19.6. The van der Waals surface area contributed by atoms with E-state index in [-0.39, 0.29) is 31.1 Å². The highest BCUT2D eigenvalue weighted by atomic mass is 16.6. The number of hydrogen-bond acceptors (Lipinski definition) is 6. The summed E-state index contributed by atoms with van der Waals surface area (Å²) < 4.78 is 16.8. The van der Waals surface area contributed by atoms with Crippen LogP contribution < -0.4 is 0 Å². The van der Waals surface area contributed by atoms with E-state index in [0.717, 1.165) is 77.0 Å². The Morgan fingerprint density at radius 3 is 0.879 bits per heavy atom. The molecule has 0 aliphatic carbocycles. The van der Waals surface area contributed by atoms with Crippen LogP contribution in [0.5, 0.6) is 0 Å². The van der Waals surface area contributed by atoms with Gasteiger partial charge in [-0.1, -0.05) is 269 Å². The van der Waals surface area contributed by atoms with Gasteiger partial charge in [0.2, 0.25) is 0 Å². The maximum absolute atomic E-state index is 12.8. The summed E-state index contributed by atoms with van der Waals surface area (Å²) in [7, 11) is 0. The standard InChI is InChI=1S/C60H110O6/c1-4-7-10-13-16-18-20-22-24-26-28-29-30-31-33-34-36-38-40-42-44-47-50-53-59(62)65-56-57(55-64-58(61)52-49-46-15-12-9-6-3)66-60(63)54-51-48-45-43-41-39-37-35-32-27-25-23-21-19-17-14-11-8-5-2/h17,19,23,25,32,35,57H,4-16,18,20-22,24,26-31,33-34,36-56H2,1-3H3/b19-17-,25-23-,35-32-. The highest BCUT2D eigenvalue weighted by molar-refractivity contribution is 5.71. The zero-order chi connectivity index (χ0) is 47.9. The Morgan fingerprint density at radius 2 is 0.545 bits per heavy atom. The first-order valence-corrected chi connectivity index (χ1v) is 29.0. The van der Waals surface area contributed by atoms with Gasteiger partial charge in [-0.2, -0.15) is 0 Å². The molecule has 0 aromatic carbocycles. The Bertz CT molecular complexity index is 1110. The van der Waals surface area contributed by atoms with Gasteiger partial charge in [0.15, 0.2) is 6.10 Å². The van der Waals surface area contributed by atoms with Gasteiger partial charge >= 0.3 is 17.9 Å². The van der Waals surface area contributed by atoms with Crippen molar-refractivity contribution in [3.05, 3.63) is 36.5 Å². The van der Waals surface area contributed by atoms with Crippen molar-refractivity contribution in [2.75, 3.05) is 13.2 Å². The van der Waals surface area contributed by atoms with Gasteiger partial charge in [-0.15, -0.1) is 0 Å². The van der Waals surface area contributed by atoms with Crippen molar-refractivity contribution in [1.82, 2.24) is 0 Å². The van der Waals surface area contributed by atoms with Crippen molar-refractivity contribution in [1.29, 1.82) is 0 Å². The van der Waals surface area contributed by atoms with Crippen LogP contribution in [0.25, 0.3) is 0 Å². The quantitative estimate of drug-likeness (QED) is 0.0262. The molecule has 66 heavy (non-hydrogen) atoms. The topological polar surface area (TPSA) is 78.9 Å². The fourth-order valence-corrected chi connectivity index (χ4v) is 8.51. The van der Waals surface area contributed by atoms with Crippen LogP contribution in [0.3, 0.4) is 0 Å². The number of unbranched alkanes of at least 4 members (excludes halogenated alkanes) is 36. The number of esters is 3. The van der Waals surface area contributed by atoms with Crippen molar-refractivity contribution in [3.8, 4) is 0 Å². The molecule has 0 aliphatic heterocycles. The van der Waals surface area contributed by atoms with Gasteiger partial charge < -0.3 is 14.2 Å². The minimum absolute atomic E-state index is 0.0739. The van der Waals surface area contributed by atoms with E-state index < -0.39 is 6.10 Å². The smallest absolute Gasteiger partial charge is 0.306 e. The lowest BCUT2D eigenvalue weighted by molar-refractivity contribution is -0.167. The van der Waals surface area contributed by atoms with Crippen LogP contribution in [0, 0.1) is 0 Å². The molecule has 6 heteroatoms. The predicted octanol–water partition coefficient (Wildman–Crippen LogP) is 19.3. The monoisotopic (exact) mass is 927 g/mol. The predicted molar refractivity (Wildman–Crippen MR) is 284 cm³/mol. The van der Waals surface area contributed by atoms with Crippen molar-refractivity contribution >= 4 is 17.9 Å². The molecule has 1 unspecified atom stereocenters. The molecule has 386 valence electrons. The zero-order valence-corrected chi connectivity index (χ0v) is 44.2. The van der Waals surface area contributed by atoms with Crippen LogP contribution in [0.4, 0.5) is 0 Å². The Hall–Kier alpha value is -2.37. The first kappa shape index (κ1) is 63.6. The first-order chi connectivity index (χ1) is 32.5. The summed E-state index contributed by atoms with van der Waals surface area (Å²) in [5.74, 6) is -0.881. The van der Waals surface area contributed by atoms with Crippen LogP contribution in [0.1, 0.15) is 310 Å². The molecule has 0 saturated heterocycles. The van der Waals surface area contributed by atoms with Gasteiger partial charge in [-0.05, 0) is 57.8 Å². The molecule has 0 fully saturated rings. The van der Waals surface area contributed by atoms with E-state index in [1.54, 1.807) is 0 Å². The number of rotatable bonds is 53. The maximum Gasteiger partial charge on any atom is 0.306 e. The number of allylic oxidation sites excluding steroid dienone is 6. The van der Waals surface area contributed by atoms with Crippen LogP contribution in [-0.4, -0.2) is 37.2 Å². The van der Waals surface area contributed by atoms with E-state index in [1.807, 2.05) is 0 Å². The summed E-state index contributed by atoms with van der Waals surface area (Å²) in [5.41, 5.74) is 0. The molecular weight excluding hydrogens is 817 g/mol. The number of carbonyl (C=O) groups excluding carboxylic acids is 3. The van der Waals surface area contributed by atoms with Crippen LogP contribution in [0.15, 0.2) is 36.5 Å². The van der Waals surface area contributed by atoms with E-state index in [9.17, 15) is 14.4 Å². The van der Waals surface area contributed by atoms with Crippen molar-refractivity contribution in [2.24, 2.45) is 0 Å². The molecule has 0 amide bonds. The fraction of sp³-hybridized carbons (Fsp3) is 0.850. The summed E-state index contributed by atoms with van der Waals surface area (Å²) in [6.45, 7) is 6.58. The Kier molecular flexibility index (Phi) is 53.2. The van der Waals surface area contributed by atoms with Gasteiger partial charge in [0.1, 0.15) is 13.2 Å². The van der Waals surface area contributed by atoms with E-state index in [0.29, 0.717) is 19.3 Å². The Morgan fingerprint density at radius 1 is 0.303 bits per heavy atom. The van der Waals surface area contributed by atoms with Crippen molar-refractivity contribution in [2.45, 2.75) is 316 Å². The molecule has 0 bridgehead atoms. The van der Waals surface area contributed by atoms with Gasteiger partial charge in [0, 0.05) is 19.3 Å². The lowest BCUT2D eigenvalue weighted by Crippen LogP contribution is -2.30. The summed E-state index contributed by atoms with van der Waals surface area (Å²) in [6.07, 6.45) is 66.0. The lowest BCUT2D eigenvalue weighted by Gasteiger charge is -2.18. The Labute approximate surface area is 410 Å². The molecule has 0 heterocycles. The minimum Gasteiger partial charge on any atom is -0.462 e. The number of ether oxygens (including phenoxy) is 3. The molecule has 1 atom stereocenters. The van der Waals surface area contributed by atoms with E-state index in [2.05, 4.69) is 57.2 Å². The highest BCUT2D eigenvalue weighted by Gasteiger charge is 2.19. The molecule has 0 aromatic heterocycles. The largest absolute Gasteiger partial charge is 0.462 e. The van der Waals surface area contributed by atoms with Gasteiger partial charge in [0.05, 0.1) is 0 Å². The second-order valence-corrected chi connectivity index (χ2v) is 19.6. The average molecular weight is 928 g/mol. The van der Waals surface area contributed by atoms with Crippen molar-refractivity contribution < 1.29 is 28.6 Å². The lowest BCUT2D eigenvalue weighted by atomic mass is 10.0. The number of carbonyl (C=O) groups is 3. The van der Waals surface area contributed by atoms with E-state index in [1.165, 1.54) is 193 Å². The SMILES string of the molecule is CCCCC/C=C\C/C=C\C/C=C\CCCCCCCCC(=O)OC(COC(=O)CCCCCCCC)COC(=O)CCCCCCCCCCCCCCCCCCCCCCCCC. The molecule has 0 saturated carbocycles. The van der Waals surface area contributed by atoms with E-state index >= 15 is 0 Å². The molecule has 6 nitrogen and oxygen atoms in total. The molecular formula is C60H110O6. The van der Waals surface area contributed by atoms with Gasteiger partial charge in [-0.3, -0.25) is 14.4 Å². The first-order valence-electron chi connectivity index (χ1n) is 29.0. The van der Waals surface area contributed by atoms with Crippen LogP contribution in [-0.2, 0) is 28.6 Å². The number of hydrogen-bond donors (Lipinski definition) is 0. The minimum atomic E-state index is -0.773. The highest BCUT2D eigenvalue weighted by Crippen LogP contribution is 2.17. The van der Waals surface area contributed by atoms with Gasteiger partial charge in [-0.25, -0.2) is 0 Å². The molecule has 0 rings (SSSR count). The molecule has 0 radical (unpaired) electrons. The third-order valence-electron chi connectivity index (χ3n) is 12.9. The molecule has 0 N–H and O–H groups in total. The molecule has 0 spiro atoms. The maximum atomic E-state index is 12.8. The fourth-order valence-electron chi connectivity index (χ4n) is 8.51. The average Bonchev–Trinajstić information content (AvgIpc) is 3.31. The second kappa shape index (κ2) is 55.2. The molecule has 0 aromatic rings. The van der Waals surface area contributed by atoms with E-state index in [4.69, 9.17) is 14.2 Å². The molecule has 0 aliphatic rings. The zero-order valence-electron chi connectivity index (χ0n) is 44.2. The summed E-state index contributed by atoms with van der Waals surface area (Å²) in [6, 6.07) is 0. The Balaban J connectivity index is 4.11. The van der Waals surface area contributed by atoms with Gasteiger partial charge in [0.25, 0.3) is 0 Å². The van der Waals surface area contributed by atoms with Crippen LogP contribution in [0.2, 0.25) is 0 Å². The van der Waals surface area contributed by atoms with Crippen LogP contribution >= 0.6 is 0 Å². The summed E-state index contributed by atoms with van der Waals surface area (Å²) >= 11 is 0. The summed E-state index contributed by atoms with van der Waals surface area (Å²) in [4.78, 5) is 37.9. The normalized spacial score (nSPS) is 12.2.